The second-order valence-corrected chi connectivity index (χ2v) is 10.7. The van der Waals surface area contributed by atoms with Crippen molar-refractivity contribution in [3.8, 4) is 0 Å². The van der Waals surface area contributed by atoms with E-state index in [-0.39, 0.29) is 19.0 Å². The Bertz CT molecular complexity index is 965. The SMILES string of the molecule is COC1=C(CCC2CCCCC2)C(NC(=O)Nc2ccccc2)C(O)(C(=O)CN)C(C(C)(C)C)=C1.Cl. The molecule has 3 rings (SSSR count). The number of allylic oxidation sites excluding steroid dienone is 1. The van der Waals surface area contributed by atoms with E-state index in [9.17, 15) is 14.7 Å². The number of ether oxygens (including phenoxy) is 1. The predicted octanol–water partition coefficient (Wildman–Crippen LogP) is 5.10. The van der Waals surface area contributed by atoms with Crippen molar-refractivity contribution in [1.29, 1.82) is 0 Å². The van der Waals surface area contributed by atoms with Crippen molar-refractivity contribution < 1.29 is 19.4 Å². The summed E-state index contributed by atoms with van der Waals surface area (Å²) in [6.07, 6.45) is 9.38. The third kappa shape index (κ3) is 6.69. The van der Waals surface area contributed by atoms with Crippen LogP contribution in [0.1, 0.15) is 65.7 Å². The molecule has 36 heavy (non-hydrogen) atoms. The van der Waals surface area contributed by atoms with Crippen LogP contribution in [-0.2, 0) is 9.53 Å². The number of rotatable bonds is 8. The van der Waals surface area contributed by atoms with E-state index in [1.54, 1.807) is 25.3 Å². The number of benzene rings is 1. The van der Waals surface area contributed by atoms with Gasteiger partial charge in [0.25, 0.3) is 0 Å². The van der Waals surface area contributed by atoms with E-state index in [2.05, 4.69) is 10.6 Å². The normalized spacial score (nSPS) is 22.8. The van der Waals surface area contributed by atoms with Gasteiger partial charge in [-0.1, -0.05) is 71.1 Å². The predicted molar refractivity (Wildman–Crippen MR) is 146 cm³/mol. The largest absolute Gasteiger partial charge is 0.497 e. The molecular weight excluding hydrogens is 478 g/mol. The first-order chi connectivity index (χ1) is 16.6. The van der Waals surface area contributed by atoms with E-state index in [0.717, 1.165) is 12.0 Å². The Labute approximate surface area is 221 Å². The lowest BCUT2D eigenvalue weighted by Gasteiger charge is -2.46. The monoisotopic (exact) mass is 519 g/mol. The van der Waals surface area contributed by atoms with E-state index < -0.39 is 28.9 Å². The highest BCUT2D eigenvalue weighted by molar-refractivity contribution is 5.96. The molecule has 2 unspecified atom stereocenters. The van der Waals surface area contributed by atoms with Crippen LogP contribution in [0, 0.1) is 11.3 Å². The molecule has 2 atom stereocenters. The van der Waals surface area contributed by atoms with Gasteiger partial charge in [-0.2, -0.15) is 0 Å². The minimum Gasteiger partial charge on any atom is -0.497 e. The van der Waals surface area contributed by atoms with Gasteiger partial charge in [0, 0.05) is 5.69 Å². The summed E-state index contributed by atoms with van der Waals surface area (Å²) in [6, 6.07) is 7.55. The van der Waals surface area contributed by atoms with Crippen LogP contribution in [0.3, 0.4) is 0 Å². The molecule has 5 N–H and O–H groups in total. The number of carbonyl (C=O) groups excluding carboxylic acids is 2. The average molecular weight is 520 g/mol. The first-order valence-electron chi connectivity index (χ1n) is 12.7. The number of hydrogen-bond acceptors (Lipinski definition) is 5. The molecule has 200 valence electrons. The molecule has 0 aromatic heterocycles. The van der Waals surface area contributed by atoms with Gasteiger partial charge in [-0.15, -0.1) is 12.4 Å². The Morgan fingerprint density at radius 1 is 1.14 bits per heavy atom. The van der Waals surface area contributed by atoms with E-state index in [0.29, 0.717) is 29.4 Å². The number of methoxy groups -OCH3 is 1. The molecule has 0 spiro atoms. The summed E-state index contributed by atoms with van der Waals surface area (Å²) in [5.74, 6) is 0.638. The van der Waals surface area contributed by atoms with Crippen molar-refractivity contribution in [2.24, 2.45) is 17.1 Å². The molecule has 0 heterocycles. The van der Waals surface area contributed by atoms with Crippen molar-refractivity contribution in [1.82, 2.24) is 5.32 Å². The highest BCUT2D eigenvalue weighted by atomic mass is 35.5. The molecule has 1 fully saturated rings. The van der Waals surface area contributed by atoms with Gasteiger partial charge < -0.3 is 26.2 Å². The van der Waals surface area contributed by atoms with Gasteiger partial charge >= 0.3 is 6.03 Å². The Hall–Kier alpha value is -2.35. The molecule has 0 radical (unpaired) electrons. The summed E-state index contributed by atoms with van der Waals surface area (Å²) >= 11 is 0. The Balaban J connectivity index is 0.00000456. The molecule has 0 bridgehead atoms. The molecule has 0 saturated heterocycles. The maximum absolute atomic E-state index is 13.3. The molecule has 1 aromatic rings. The highest BCUT2D eigenvalue weighted by Crippen LogP contribution is 2.45. The standard InChI is InChI=1S/C28H41N3O4.ClH/c1-27(2,3)23-17-22(35-4)21(16-15-19-11-7-5-8-12-19)25(28(23,34)24(32)18-29)31-26(33)30-20-13-9-6-10-14-20;/h6,9-10,13-14,17,19,25,34H,5,7-8,11-12,15-16,18,29H2,1-4H3,(H2,30,31,33);1H. The van der Waals surface area contributed by atoms with Crippen LogP contribution in [0.15, 0.2) is 53.3 Å². The zero-order valence-electron chi connectivity index (χ0n) is 21.9. The van der Waals surface area contributed by atoms with Crippen molar-refractivity contribution in [3.05, 3.63) is 53.3 Å². The Morgan fingerprint density at radius 3 is 2.33 bits per heavy atom. The second kappa shape index (κ2) is 12.7. The fraction of sp³-hybridized carbons (Fsp3) is 0.571. The number of aliphatic hydroxyl groups is 1. The van der Waals surface area contributed by atoms with E-state index in [4.69, 9.17) is 10.5 Å². The van der Waals surface area contributed by atoms with Crippen LogP contribution in [0.25, 0.3) is 0 Å². The first-order valence-corrected chi connectivity index (χ1v) is 12.7. The van der Waals surface area contributed by atoms with Gasteiger partial charge in [0.05, 0.1) is 19.7 Å². The molecule has 1 saturated carbocycles. The minimum absolute atomic E-state index is 0. The summed E-state index contributed by atoms with van der Waals surface area (Å²) in [5.41, 5.74) is 5.05. The number of hydrogen-bond donors (Lipinski definition) is 4. The van der Waals surface area contributed by atoms with Gasteiger partial charge in [0.1, 0.15) is 5.76 Å². The van der Waals surface area contributed by atoms with Crippen molar-refractivity contribution >= 4 is 29.9 Å². The zero-order valence-corrected chi connectivity index (χ0v) is 22.7. The second-order valence-electron chi connectivity index (χ2n) is 10.7. The van der Waals surface area contributed by atoms with Crippen LogP contribution in [0.5, 0.6) is 0 Å². The average Bonchev–Trinajstić information content (AvgIpc) is 2.84. The topological polar surface area (TPSA) is 114 Å². The van der Waals surface area contributed by atoms with Gasteiger partial charge in [0.2, 0.25) is 0 Å². The van der Waals surface area contributed by atoms with Gasteiger partial charge in [0.15, 0.2) is 11.4 Å². The van der Waals surface area contributed by atoms with Gasteiger partial charge in [-0.3, -0.25) is 4.79 Å². The zero-order chi connectivity index (χ0) is 25.6. The number of para-hydroxylation sites is 1. The van der Waals surface area contributed by atoms with Crippen LogP contribution < -0.4 is 16.4 Å². The van der Waals surface area contributed by atoms with Crippen LogP contribution >= 0.6 is 12.4 Å². The van der Waals surface area contributed by atoms with Gasteiger partial charge in [-0.25, -0.2) is 4.79 Å². The van der Waals surface area contributed by atoms with E-state index >= 15 is 0 Å². The molecule has 2 aliphatic carbocycles. The van der Waals surface area contributed by atoms with E-state index in [1.165, 1.54) is 32.1 Å². The third-order valence-corrected chi connectivity index (χ3v) is 7.26. The molecule has 2 aliphatic rings. The van der Waals surface area contributed by atoms with Crippen molar-refractivity contribution in [2.75, 3.05) is 19.0 Å². The smallest absolute Gasteiger partial charge is 0.319 e. The molecule has 1 aromatic carbocycles. The lowest BCUT2D eigenvalue weighted by atomic mass is 9.65. The number of Topliss-reactive ketones (excluding diaryl/α,β-unsaturated/α-hetero) is 1. The van der Waals surface area contributed by atoms with Crippen LogP contribution in [0.4, 0.5) is 10.5 Å². The van der Waals surface area contributed by atoms with Crippen molar-refractivity contribution in [3.63, 3.8) is 0 Å². The number of nitrogens with one attached hydrogen (secondary N) is 2. The Kier molecular flexibility index (Phi) is 10.6. The number of anilines is 1. The fourth-order valence-electron chi connectivity index (χ4n) is 5.44. The number of nitrogens with two attached hydrogens (primary N) is 1. The fourth-order valence-corrected chi connectivity index (χ4v) is 5.44. The summed E-state index contributed by atoms with van der Waals surface area (Å²) < 4.78 is 5.78. The molecular formula is C28H42ClN3O4. The third-order valence-electron chi connectivity index (χ3n) is 7.26. The summed E-state index contributed by atoms with van der Waals surface area (Å²) in [6.45, 7) is 5.43. The maximum atomic E-state index is 13.3. The first kappa shape index (κ1) is 29.9. The minimum atomic E-state index is -1.98. The molecule has 0 aliphatic heterocycles. The molecule has 8 heteroatoms. The quantitative estimate of drug-likeness (QED) is 0.381. The summed E-state index contributed by atoms with van der Waals surface area (Å²) in [7, 11) is 1.59. The van der Waals surface area contributed by atoms with E-state index in [1.807, 2.05) is 39.0 Å². The lowest BCUT2D eigenvalue weighted by molar-refractivity contribution is -0.135. The summed E-state index contributed by atoms with van der Waals surface area (Å²) in [4.78, 5) is 26.4. The number of urea groups is 1. The molecule has 2 amide bonds. The Morgan fingerprint density at radius 2 is 1.78 bits per heavy atom. The maximum Gasteiger partial charge on any atom is 0.319 e. The number of halogens is 1. The number of carbonyl (C=O) groups is 2. The lowest BCUT2D eigenvalue weighted by Crippen LogP contribution is -2.64. The number of ketones is 1. The van der Waals surface area contributed by atoms with Crippen LogP contribution in [-0.4, -0.2) is 42.2 Å². The van der Waals surface area contributed by atoms with Gasteiger partial charge in [-0.05, 0) is 53.5 Å². The van der Waals surface area contributed by atoms with Crippen molar-refractivity contribution in [2.45, 2.75) is 77.4 Å². The van der Waals surface area contributed by atoms with Crippen LogP contribution in [0.2, 0.25) is 0 Å². The molecule has 7 nitrogen and oxygen atoms in total. The highest BCUT2D eigenvalue weighted by Gasteiger charge is 2.54. The number of amides is 2. The summed E-state index contributed by atoms with van der Waals surface area (Å²) in [5, 5.41) is 17.8.